The monoisotopic (exact) mass is 1050 g/mol. The van der Waals surface area contributed by atoms with Crippen LogP contribution < -0.4 is 0 Å². The largest absolute Gasteiger partial charge is 0.309 e. The Morgan fingerprint density at radius 3 is 0.951 bits per heavy atom. The van der Waals surface area contributed by atoms with Gasteiger partial charge in [-0.2, -0.15) is 9.97 Å². The molecule has 0 N–H and O–H groups in total. The van der Waals surface area contributed by atoms with Crippen LogP contribution in [-0.4, -0.2) is 33.1 Å². The lowest BCUT2D eigenvalue weighted by molar-refractivity contribution is 0.954. The number of nitrogens with zero attached hydrogens (tertiary/aromatic N) is 7. The molecule has 18 rings (SSSR count). The average molecular weight is 1050 g/mol. The third-order valence-electron chi connectivity index (χ3n) is 16.7. The van der Waals surface area contributed by atoms with Gasteiger partial charge in [-0.25, -0.2) is 4.98 Å². The van der Waals surface area contributed by atoms with Gasteiger partial charge in [0.05, 0.1) is 49.7 Å². The minimum absolute atomic E-state index is 0.598. The van der Waals surface area contributed by atoms with Crippen molar-refractivity contribution in [2.45, 2.75) is 0 Å². The fourth-order valence-electron chi connectivity index (χ4n) is 13.1. The van der Waals surface area contributed by atoms with Crippen LogP contribution in [0.5, 0.6) is 0 Å². The standard InChI is InChI=1S/C39H23N5.C36H24N2/c1-3-12-24(13-4-1)37-40-38(25-14-5-2-6-15-25)42-39(41-37)44-33-21-10-8-17-27(33)30-22-23-31-29-19-11-18-28-26-16-7-9-20-32(26)43(34(28)29)35(31)36(30)44;1-5-13-33-29(9-1)30-10-2-6-14-34(30)37(33)27-21-17-25(18-22-27)26-19-23-28(24-20-26)38-35-15-7-3-11-31(35)32-12-4-8-16-36(32)38/h1-23H;1-24H. The van der Waals surface area contributed by atoms with Crippen LogP contribution in [0, 0.1) is 0 Å². The first-order valence-corrected chi connectivity index (χ1v) is 27.9. The van der Waals surface area contributed by atoms with Gasteiger partial charge in [0, 0.05) is 76.4 Å². The van der Waals surface area contributed by atoms with Crippen molar-refractivity contribution in [3.05, 3.63) is 285 Å². The zero-order valence-electron chi connectivity index (χ0n) is 44.3. The molecule has 0 fully saturated rings. The van der Waals surface area contributed by atoms with E-state index in [0.29, 0.717) is 17.6 Å². The zero-order valence-corrected chi connectivity index (χ0v) is 44.3. The van der Waals surface area contributed by atoms with E-state index >= 15 is 0 Å². The highest BCUT2D eigenvalue weighted by Crippen LogP contribution is 2.45. The van der Waals surface area contributed by atoms with Gasteiger partial charge in [-0.05, 0) is 71.8 Å². The third-order valence-corrected chi connectivity index (χ3v) is 16.7. The maximum atomic E-state index is 5.18. The molecule has 0 aliphatic carbocycles. The van der Waals surface area contributed by atoms with E-state index < -0.39 is 0 Å². The molecule has 0 radical (unpaired) electrons. The number of rotatable bonds is 6. The number of aromatic nitrogens is 7. The van der Waals surface area contributed by atoms with E-state index in [2.05, 4.69) is 267 Å². The Morgan fingerprint density at radius 2 is 0.512 bits per heavy atom. The van der Waals surface area contributed by atoms with Crippen LogP contribution in [0.2, 0.25) is 0 Å². The van der Waals surface area contributed by atoms with E-state index in [1.165, 1.54) is 104 Å². The van der Waals surface area contributed by atoms with Crippen LogP contribution in [0.3, 0.4) is 0 Å². The van der Waals surface area contributed by atoms with Crippen LogP contribution in [0.4, 0.5) is 0 Å². The Kier molecular flexibility index (Phi) is 10.2. The minimum atomic E-state index is 0.598. The lowest BCUT2D eigenvalue weighted by atomic mass is 10.0. The van der Waals surface area contributed by atoms with Gasteiger partial charge in [0.1, 0.15) is 0 Å². The zero-order chi connectivity index (χ0) is 53.8. The van der Waals surface area contributed by atoms with Crippen molar-refractivity contribution in [3.63, 3.8) is 0 Å². The maximum Gasteiger partial charge on any atom is 0.238 e. The molecular weight excluding hydrogens is 999 g/mol. The molecule has 0 saturated carbocycles. The molecule has 12 aromatic carbocycles. The van der Waals surface area contributed by atoms with Crippen LogP contribution in [0.1, 0.15) is 0 Å². The minimum Gasteiger partial charge on any atom is -0.309 e. The SMILES string of the molecule is c1ccc(-c2nc(-c3ccccc3)nc(-n3c4ccccc4c4ccc5c6cccc7c8ccccc8n(c76)c5c43)n2)cc1.c1ccc2c(c1)c1ccccc1n2-c1ccc(-c2ccc(-n3c4ccccc4c4ccccc43)cc2)cc1. The first-order valence-electron chi connectivity index (χ1n) is 27.9. The summed E-state index contributed by atoms with van der Waals surface area (Å²) in [6.45, 7) is 0. The molecular formula is C75H47N7. The molecule has 0 amide bonds. The molecule has 82 heavy (non-hydrogen) atoms. The predicted molar refractivity (Wildman–Crippen MR) is 340 cm³/mol. The lowest BCUT2D eigenvalue weighted by Gasteiger charge is -2.11. The first-order chi connectivity index (χ1) is 40.7. The molecule has 0 bridgehead atoms. The molecule has 0 aliphatic rings. The van der Waals surface area contributed by atoms with Crippen molar-refractivity contribution in [2.75, 3.05) is 0 Å². The van der Waals surface area contributed by atoms with Crippen molar-refractivity contribution in [3.8, 4) is 51.2 Å². The smallest absolute Gasteiger partial charge is 0.238 e. The second kappa shape index (κ2) is 18.2. The fourth-order valence-corrected chi connectivity index (χ4v) is 13.1. The first kappa shape index (κ1) is 45.8. The summed E-state index contributed by atoms with van der Waals surface area (Å²) in [6, 6.07) is 101. The molecule has 0 saturated heterocycles. The van der Waals surface area contributed by atoms with E-state index in [9.17, 15) is 0 Å². The molecule has 6 aromatic heterocycles. The number of fused-ring (bicyclic) bond motifs is 16. The summed E-state index contributed by atoms with van der Waals surface area (Å²) < 4.78 is 9.42. The van der Waals surface area contributed by atoms with Crippen LogP contribution >= 0.6 is 0 Å². The Morgan fingerprint density at radius 1 is 0.195 bits per heavy atom. The van der Waals surface area contributed by atoms with Gasteiger partial charge in [-0.15, -0.1) is 0 Å². The van der Waals surface area contributed by atoms with Gasteiger partial charge in [0.2, 0.25) is 5.95 Å². The summed E-state index contributed by atoms with van der Waals surface area (Å²) in [7, 11) is 0. The fraction of sp³-hybridized carbons (Fsp3) is 0. The number of benzene rings is 12. The molecule has 0 spiro atoms. The Balaban J connectivity index is 0.000000132. The van der Waals surface area contributed by atoms with E-state index in [0.717, 1.165) is 33.1 Å². The van der Waals surface area contributed by atoms with Crippen molar-refractivity contribution >= 4 is 104 Å². The number of para-hydroxylation sites is 7. The van der Waals surface area contributed by atoms with Gasteiger partial charge >= 0.3 is 0 Å². The molecule has 6 heterocycles. The summed E-state index contributed by atoms with van der Waals surface area (Å²) >= 11 is 0. The van der Waals surface area contributed by atoms with E-state index in [-0.39, 0.29) is 0 Å². The summed E-state index contributed by atoms with van der Waals surface area (Å²) in [4.78, 5) is 15.3. The second-order valence-corrected chi connectivity index (χ2v) is 21.1. The van der Waals surface area contributed by atoms with Crippen LogP contribution in [0.25, 0.3) is 155 Å². The lowest BCUT2D eigenvalue weighted by Crippen LogP contribution is -2.06. The highest BCUT2D eigenvalue weighted by Gasteiger charge is 2.25. The summed E-state index contributed by atoms with van der Waals surface area (Å²) in [5.41, 5.74) is 17.4. The van der Waals surface area contributed by atoms with E-state index in [4.69, 9.17) is 15.0 Å². The second-order valence-electron chi connectivity index (χ2n) is 21.1. The number of hydrogen-bond donors (Lipinski definition) is 0. The predicted octanol–water partition coefficient (Wildman–Crippen LogP) is 19.0. The molecule has 7 heteroatoms. The molecule has 7 nitrogen and oxygen atoms in total. The normalized spacial score (nSPS) is 11.9. The van der Waals surface area contributed by atoms with E-state index in [1.807, 2.05) is 36.4 Å². The van der Waals surface area contributed by atoms with E-state index in [1.54, 1.807) is 0 Å². The van der Waals surface area contributed by atoms with Gasteiger partial charge < -0.3 is 13.5 Å². The molecule has 18 aromatic rings. The molecule has 382 valence electrons. The van der Waals surface area contributed by atoms with Gasteiger partial charge in [0.25, 0.3) is 0 Å². The number of hydrogen-bond acceptors (Lipinski definition) is 3. The quantitative estimate of drug-likeness (QED) is 0.167. The van der Waals surface area contributed by atoms with Crippen molar-refractivity contribution in [2.24, 2.45) is 0 Å². The Hall–Kier alpha value is -11.2. The van der Waals surface area contributed by atoms with Crippen LogP contribution in [-0.2, 0) is 0 Å². The summed E-state index contributed by atoms with van der Waals surface area (Å²) in [5, 5.41) is 12.5. The van der Waals surface area contributed by atoms with Crippen molar-refractivity contribution < 1.29 is 0 Å². The Bertz CT molecular complexity index is 5180. The summed E-state index contributed by atoms with van der Waals surface area (Å²) in [5.74, 6) is 1.89. The van der Waals surface area contributed by atoms with Gasteiger partial charge in [-0.1, -0.05) is 224 Å². The van der Waals surface area contributed by atoms with Crippen molar-refractivity contribution in [1.29, 1.82) is 0 Å². The maximum absolute atomic E-state index is 5.18. The third kappa shape index (κ3) is 6.93. The highest BCUT2D eigenvalue weighted by atomic mass is 15.2. The highest BCUT2D eigenvalue weighted by molar-refractivity contribution is 6.29. The summed E-state index contributed by atoms with van der Waals surface area (Å²) in [6.07, 6.45) is 0. The Labute approximate surface area is 470 Å². The topological polar surface area (TPSA) is 57.9 Å². The van der Waals surface area contributed by atoms with Crippen LogP contribution in [0.15, 0.2) is 285 Å². The van der Waals surface area contributed by atoms with Crippen molar-refractivity contribution in [1.82, 2.24) is 33.1 Å². The van der Waals surface area contributed by atoms with Gasteiger partial charge in [-0.3, -0.25) is 4.57 Å². The molecule has 0 atom stereocenters. The molecule has 0 aliphatic heterocycles. The average Bonchev–Trinajstić information content (AvgIpc) is 1.96. The molecule has 0 unspecified atom stereocenters. The van der Waals surface area contributed by atoms with Gasteiger partial charge in [0.15, 0.2) is 11.6 Å².